The van der Waals surface area contributed by atoms with Crippen molar-refractivity contribution in [3.05, 3.63) is 38.7 Å². The monoisotopic (exact) mass is 383 g/mol. The van der Waals surface area contributed by atoms with Gasteiger partial charge >= 0.3 is 5.97 Å². The molecular formula is C17H15Cl2NO3S. The van der Waals surface area contributed by atoms with Crippen molar-refractivity contribution in [1.82, 2.24) is 0 Å². The van der Waals surface area contributed by atoms with Crippen molar-refractivity contribution >= 4 is 62.6 Å². The molecule has 1 saturated carbocycles. The maximum absolute atomic E-state index is 12.2. The minimum atomic E-state index is -0.619. The molecule has 0 amide bonds. The van der Waals surface area contributed by atoms with Crippen molar-refractivity contribution in [2.75, 3.05) is 6.61 Å². The van der Waals surface area contributed by atoms with Crippen LogP contribution in [0.4, 0.5) is 0 Å². The van der Waals surface area contributed by atoms with Crippen LogP contribution in [0, 0.1) is 0 Å². The van der Waals surface area contributed by atoms with Gasteiger partial charge in [-0.1, -0.05) is 29.3 Å². The Balaban J connectivity index is 2.09. The van der Waals surface area contributed by atoms with E-state index in [1.165, 1.54) is 17.6 Å². The van der Waals surface area contributed by atoms with Gasteiger partial charge in [0.15, 0.2) is 0 Å². The molecule has 0 saturated heterocycles. The fourth-order valence-corrected chi connectivity index (χ4v) is 3.89. The summed E-state index contributed by atoms with van der Waals surface area (Å²) in [5.41, 5.74) is 0.0169. The van der Waals surface area contributed by atoms with Gasteiger partial charge in [0.25, 0.3) is 0 Å². The van der Waals surface area contributed by atoms with E-state index in [2.05, 4.69) is 4.99 Å². The molecule has 0 aliphatic heterocycles. The van der Waals surface area contributed by atoms with E-state index in [1.807, 2.05) is 0 Å². The van der Waals surface area contributed by atoms with Gasteiger partial charge in [0.2, 0.25) is 0 Å². The Hall–Kier alpha value is -1.56. The van der Waals surface area contributed by atoms with Gasteiger partial charge in [-0.3, -0.25) is 4.99 Å². The largest absolute Gasteiger partial charge is 0.505 e. The number of aliphatic hydroxyl groups excluding tert-OH is 1. The van der Waals surface area contributed by atoms with Crippen molar-refractivity contribution in [1.29, 1.82) is 0 Å². The van der Waals surface area contributed by atoms with Crippen LogP contribution in [-0.2, 0) is 9.53 Å². The number of aliphatic hydroxyl groups is 1. The Kier molecular flexibility index (Phi) is 5.13. The van der Waals surface area contributed by atoms with E-state index in [4.69, 9.17) is 27.9 Å². The first-order chi connectivity index (χ1) is 11.5. The lowest BCUT2D eigenvalue weighted by Crippen LogP contribution is -2.11. The van der Waals surface area contributed by atoms with Crippen molar-refractivity contribution in [3.8, 4) is 0 Å². The molecule has 0 radical (unpaired) electrons. The molecule has 1 aromatic carbocycles. The molecule has 0 spiro atoms. The molecule has 4 nitrogen and oxygen atoms in total. The molecule has 3 rings (SSSR count). The number of rotatable bonds is 5. The van der Waals surface area contributed by atoms with Gasteiger partial charge in [-0.2, -0.15) is 0 Å². The maximum Gasteiger partial charge on any atom is 0.343 e. The van der Waals surface area contributed by atoms with E-state index in [0.717, 1.165) is 22.9 Å². The number of carbonyl (C=O) groups is 1. The molecule has 126 valence electrons. The van der Waals surface area contributed by atoms with E-state index >= 15 is 0 Å². The zero-order chi connectivity index (χ0) is 17.3. The van der Waals surface area contributed by atoms with Crippen LogP contribution in [0.25, 0.3) is 15.8 Å². The third-order valence-electron chi connectivity index (χ3n) is 3.52. The van der Waals surface area contributed by atoms with Crippen molar-refractivity contribution < 1.29 is 14.6 Å². The highest BCUT2D eigenvalue weighted by molar-refractivity contribution is 7.20. The zero-order valence-electron chi connectivity index (χ0n) is 12.9. The number of ether oxygens (including phenoxy) is 1. The second kappa shape index (κ2) is 7.13. The van der Waals surface area contributed by atoms with Gasteiger partial charge in [-0.25, -0.2) is 4.79 Å². The van der Waals surface area contributed by atoms with Crippen LogP contribution in [0.5, 0.6) is 0 Å². The fraction of sp³-hybridized carbons (Fsp3) is 0.294. The molecule has 2 aromatic rings. The Morgan fingerprint density at radius 2 is 2.21 bits per heavy atom. The number of hydrogen-bond donors (Lipinski definition) is 1. The quantitative estimate of drug-likeness (QED) is 0.331. The molecule has 1 N–H and O–H groups in total. The molecule has 1 aromatic heterocycles. The first-order valence-corrected chi connectivity index (χ1v) is 9.10. The van der Waals surface area contributed by atoms with E-state index in [0.29, 0.717) is 14.9 Å². The number of aliphatic imine (C=N–C) groups is 1. The minimum absolute atomic E-state index is 0.0169. The highest BCUT2D eigenvalue weighted by Gasteiger charge is 2.24. The van der Waals surface area contributed by atoms with Crippen molar-refractivity contribution in [2.45, 2.75) is 25.8 Å². The highest BCUT2D eigenvalue weighted by Crippen LogP contribution is 2.40. The van der Waals surface area contributed by atoms with Gasteiger partial charge in [0.05, 0.1) is 22.5 Å². The average molecular weight is 384 g/mol. The van der Waals surface area contributed by atoms with E-state index < -0.39 is 5.97 Å². The number of hydrogen-bond acceptors (Lipinski definition) is 5. The number of esters is 1. The summed E-state index contributed by atoms with van der Waals surface area (Å²) >= 11 is 13.6. The first kappa shape index (κ1) is 17.3. The van der Waals surface area contributed by atoms with Crippen LogP contribution < -0.4 is 0 Å². The number of benzene rings is 1. The summed E-state index contributed by atoms with van der Waals surface area (Å²) in [6.45, 7) is 1.92. The molecule has 7 heteroatoms. The third-order valence-corrected chi connectivity index (χ3v) is 5.42. The van der Waals surface area contributed by atoms with Crippen molar-refractivity contribution in [3.63, 3.8) is 0 Å². The number of fused-ring (bicyclic) bond motifs is 1. The molecule has 0 unspecified atom stereocenters. The van der Waals surface area contributed by atoms with Crippen LogP contribution in [0.1, 0.15) is 24.6 Å². The van der Waals surface area contributed by atoms with E-state index in [1.54, 1.807) is 25.1 Å². The topological polar surface area (TPSA) is 58.9 Å². The average Bonchev–Trinajstić information content (AvgIpc) is 3.31. The predicted octanol–water partition coefficient (Wildman–Crippen LogP) is 5.27. The molecule has 24 heavy (non-hydrogen) atoms. The Labute approximate surface area is 153 Å². The maximum atomic E-state index is 12.2. The minimum Gasteiger partial charge on any atom is -0.505 e. The van der Waals surface area contributed by atoms with Crippen LogP contribution in [0.2, 0.25) is 10.0 Å². The van der Waals surface area contributed by atoms with Gasteiger partial charge in [-0.05, 0) is 31.9 Å². The third kappa shape index (κ3) is 3.58. The summed E-state index contributed by atoms with van der Waals surface area (Å²) < 4.78 is 5.85. The van der Waals surface area contributed by atoms with Crippen molar-refractivity contribution in [2.24, 2.45) is 4.99 Å². The number of carbonyl (C=O) groups excluding carboxylic acids is 1. The fourth-order valence-electron chi connectivity index (χ4n) is 2.14. The summed E-state index contributed by atoms with van der Waals surface area (Å²) in [6.07, 6.45) is 3.38. The smallest absolute Gasteiger partial charge is 0.343 e. The lowest BCUT2D eigenvalue weighted by atomic mass is 10.2. The van der Waals surface area contributed by atoms with E-state index in [9.17, 15) is 9.90 Å². The predicted molar refractivity (Wildman–Crippen MR) is 99.5 cm³/mol. The summed E-state index contributed by atoms with van der Waals surface area (Å²) in [6, 6.07) is 5.51. The molecule has 1 fully saturated rings. The summed E-state index contributed by atoms with van der Waals surface area (Å²) in [7, 11) is 0. The molecule has 1 aliphatic carbocycles. The van der Waals surface area contributed by atoms with Gasteiger partial charge in [0.1, 0.15) is 11.3 Å². The summed E-state index contributed by atoms with van der Waals surface area (Å²) in [4.78, 5) is 16.9. The van der Waals surface area contributed by atoms with Gasteiger partial charge in [0, 0.05) is 21.3 Å². The molecule has 0 atom stereocenters. The SMILES string of the molecule is CCOC(=O)/C(C=NC1CC1)=C(\O)c1sc2cc(Cl)ccc2c1Cl. The number of thiophene rings is 1. The highest BCUT2D eigenvalue weighted by atomic mass is 35.5. The molecule has 1 heterocycles. The van der Waals surface area contributed by atoms with Crippen LogP contribution in [-0.4, -0.2) is 29.9 Å². The lowest BCUT2D eigenvalue weighted by molar-refractivity contribution is -0.137. The van der Waals surface area contributed by atoms with Crippen LogP contribution in [0.3, 0.4) is 0 Å². The Bertz CT molecular complexity index is 853. The Morgan fingerprint density at radius 3 is 2.88 bits per heavy atom. The molecular weight excluding hydrogens is 369 g/mol. The Morgan fingerprint density at radius 1 is 1.46 bits per heavy atom. The summed E-state index contributed by atoms with van der Waals surface area (Å²) in [5, 5.41) is 12.4. The zero-order valence-corrected chi connectivity index (χ0v) is 15.2. The second-order valence-corrected chi connectivity index (χ2v) is 7.24. The van der Waals surface area contributed by atoms with Crippen LogP contribution in [0.15, 0.2) is 28.8 Å². The van der Waals surface area contributed by atoms with Gasteiger partial charge in [-0.15, -0.1) is 11.3 Å². The number of nitrogens with zero attached hydrogens (tertiary/aromatic N) is 1. The molecule has 1 aliphatic rings. The van der Waals surface area contributed by atoms with E-state index in [-0.39, 0.29) is 24.0 Å². The lowest BCUT2D eigenvalue weighted by Gasteiger charge is -2.05. The number of halogens is 2. The van der Waals surface area contributed by atoms with Gasteiger partial charge < -0.3 is 9.84 Å². The normalized spacial score (nSPS) is 15.8. The second-order valence-electron chi connectivity index (χ2n) is 5.38. The summed E-state index contributed by atoms with van der Waals surface area (Å²) in [5.74, 6) is -0.842. The van der Waals surface area contributed by atoms with Crippen LogP contribution >= 0.6 is 34.5 Å². The first-order valence-electron chi connectivity index (χ1n) is 7.52. The standard InChI is InChI=1S/C17H15Cl2NO3S/c1-2-23-17(22)12(8-20-10-4-5-10)15(21)16-14(19)11-6-3-9(18)7-13(11)24-16/h3,6-8,10,21H,2,4-5H2,1H3/b15-12-,20-8?. The molecule has 0 bridgehead atoms.